The van der Waals surface area contributed by atoms with Crippen molar-refractivity contribution < 1.29 is 32.0 Å². The molecule has 10 nitrogen and oxygen atoms in total. The Morgan fingerprint density at radius 1 is 1.20 bits per heavy atom. The minimum absolute atomic E-state index is 0.0220. The maximum absolute atomic E-state index is 13.4. The van der Waals surface area contributed by atoms with E-state index in [0.29, 0.717) is 30.1 Å². The van der Waals surface area contributed by atoms with Gasteiger partial charge in [-0.25, -0.2) is 14.8 Å². The summed E-state index contributed by atoms with van der Waals surface area (Å²) in [6.45, 7) is 5.73. The number of halogens is 3. The third-order valence-electron chi connectivity index (χ3n) is 7.78. The van der Waals surface area contributed by atoms with Crippen LogP contribution in [0, 0.1) is 6.92 Å². The van der Waals surface area contributed by atoms with Gasteiger partial charge in [0.1, 0.15) is 17.5 Å². The summed E-state index contributed by atoms with van der Waals surface area (Å²) in [7, 11) is 0. The van der Waals surface area contributed by atoms with E-state index >= 15 is 0 Å². The van der Waals surface area contributed by atoms with Gasteiger partial charge in [0.25, 0.3) is 0 Å². The first-order valence-corrected chi connectivity index (χ1v) is 12.7. The van der Waals surface area contributed by atoms with E-state index in [-0.39, 0.29) is 36.4 Å². The van der Waals surface area contributed by atoms with Gasteiger partial charge in [-0.2, -0.15) is 13.2 Å². The average Bonchev–Trinajstić information content (AvgIpc) is 3.40. The normalized spacial score (nSPS) is 17.9. The maximum atomic E-state index is 13.4. The van der Waals surface area contributed by atoms with Gasteiger partial charge in [0.05, 0.1) is 17.8 Å². The Bertz CT molecular complexity index is 1660. The number of rotatable bonds is 4. The number of aryl methyl sites for hydroxylation is 1. The minimum Gasteiger partial charge on any atom is -0.438 e. The molecule has 1 aromatic carbocycles. The Morgan fingerprint density at radius 3 is 2.67 bits per heavy atom. The van der Waals surface area contributed by atoms with Crippen molar-refractivity contribution in [3.05, 3.63) is 59.4 Å². The van der Waals surface area contributed by atoms with Crippen LogP contribution in [0.3, 0.4) is 0 Å². The van der Waals surface area contributed by atoms with Crippen LogP contribution in [-0.2, 0) is 23.2 Å². The zero-order valence-electron chi connectivity index (χ0n) is 21.9. The Balaban J connectivity index is 1.23. The third-order valence-corrected chi connectivity index (χ3v) is 7.78. The molecule has 1 aliphatic heterocycles. The van der Waals surface area contributed by atoms with Gasteiger partial charge in [0.15, 0.2) is 11.6 Å². The van der Waals surface area contributed by atoms with Crippen LogP contribution in [0.1, 0.15) is 49.3 Å². The van der Waals surface area contributed by atoms with E-state index in [2.05, 4.69) is 20.4 Å². The second kappa shape index (κ2) is 9.07. The lowest BCUT2D eigenvalue weighted by atomic mass is 9.99. The predicted molar refractivity (Wildman–Crippen MR) is 136 cm³/mol. The number of nitrogens with zero attached hydrogens (tertiary/aromatic N) is 5. The van der Waals surface area contributed by atoms with Crippen molar-refractivity contribution in [2.24, 2.45) is 0 Å². The largest absolute Gasteiger partial charge is 0.438 e. The number of alkyl halides is 3. The van der Waals surface area contributed by atoms with Crippen molar-refractivity contribution in [1.82, 2.24) is 24.6 Å². The van der Waals surface area contributed by atoms with Gasteiger partial charge >= 0.3 is 12.2 Å². The van der Waals surface area contributed by atoms with Crippen molar-refractivity contribution in [2.75, 3.05) is 5.32 Å². The summed E-state index contributed by atoms with van der Waals surface area (Å²) in [5.41, 5.74) is 0.878. The molecule has 1 fully saturated rings. The molecule has 1 saturated carbocycles. The highest BCUT2D eigenvalue weighted by Gasteiger charge is 2.67. The number of anilines is 1. The number of hydrogen-bond donors (Lipinski definition) is 1. The highest BCUT2D eigenvalue weighted by atomic mass is 19.4. The van der Waals surface area contributed by atoms with Gasteiger partial charge in [-0.3, -0.25) is 14.7 Å². The fourth-order valence-electron chi connectivity index (χ4n) is 5.26. The van der Waals surface area contributed by atoms with Gasteiger partial charge in [-0.1, -0.05) is 5.16 Å². The number of hydrogen-bond acceptors (Lipinski definition) is 7. The standard InChI is InChI=1S/C27H25F3N6O4/c1-14-10-18-19(12-36(14)16(3)37)31-13-32-24(18)39-21-5-4-20-17(15(21)2)6-9-35(20)25(38)33-23-11-22(40-34-23)26(7-8-26)27(28,29)30/h4-6,9,11,13-14H,7-8,10,12H2,1-3H3,(H,33,34,38)/t14-/m0/s1. The molecule has 2 aliphatic rings. The van der Waals surface area contributed by atoms with Crippen LogP contribution in [0.2, 0.25) is 0 Å². The second-order valence-electron chi connectivity index (χ2n) is 10.3. The van der Waals surface area contributed by atoms with Crippen LogP contribution >= 0.6 is 0 Å². The first-order chi connectivity index (χ1) is 19.0. The van der Waals surface area contributed by atoms with E-state index in [1.54, 1.807) is 29.3 Å². The Labute approximate surface area is 226 Å². The molecule has 1 N–H and O–H groups in total. The van der Waals surface area contributed by atoms with E-state index in [0.717, 1.165) is 28.3 Å². The third kappa shape index (κ3) is 4.16. The highest BCUT2D eigenvalue weighted by molar-refractivity contribution is 5.99. The van der Waals surface area contributed by atoms with E-state index in [1.165, 1.54) is 17.8 Å². The Hall–Kier alpha value is -4.42. The lowest BCUT2D eigenvalue weighted by Crippen LogP contribution is -2.41. The zero-order chi connectivity index (χ0) is 28.4. The number of carbonyl (C=O) groups excluding carboxylic acids is 2. The summed E-state index contributed by atoms with van der Waals surface area (Å²) < 4.78 is 52.7. The molecule has 1 atom stereocenters. The van der Waals surface area contributed by atoms with Crippen LogP contribution < -0.4 is 10.1 Å². The monoisotopic (exact) mass is 554 g/mol. The fraction of sp³-hybridized carbons (Fsp3) is 0.370. The molecule has 4 heterocycles. The van der Waals surface area contributed by atoms with Gasteiger partial charge in [-0.15, -0.1) is 0 Å². The van der Waals surface area contributed by atoms with Crippen LogP contribution in [0.4, 0.5) is 23.8 Å². The van der Waals surface area contributed by atoms with Crippen molar-refractivity contribution in [2.45, 2.75) is 64.2 Å². The Kier molecular flexibility index (Phi) is 5.86. The number of carbonyl (C=O) groups is 2. The molecular weight excluding hydrogens is 529 g/mol. The molecule has 4 aromatic rings. The molecule has 40 heavy (non-hydrogen) atoms. The summed E-state index contributed by atoms with van der Waals surface area (Å²) in [4.78, 5) is 35.4. The van der Waals surface area contributed by atoms with Crippen molar-refractivity contribution >= 4 is 28.7 Å². The van der Waals surface area contributed by atoms with Crippen molar-refractivity contribution in [3.8, 4) is 11.6 Å². The number of nitrogens with one attached hydrogen (secondary N) is 1. The zero-order valence-corrected chi connectivity index (χ0v) is 21.9. The lowest BCUT2D eigenvalue weighted by molar-refractivity contribution is -0.165. The first-order valence-electron chi connectivity index (χ1n) is 12.7. The van der Waals surface area contributed by atoms with E-state index in [9.17, 15) is 22.8 Å². The van der Waals surface area contributed by atoms with Crippen LogP contribution in [0.15, 0.2) is 41.3 Å². The molecular formula is C27H25F3N6O4. The smallest absolute Gasteiger partial charge is 0.401 e. The fourth-order valence-corrected chi connectivity index (χ4v) is 5.26. The van der Waals surface area contributed by atoms with E-state index < -0.39 is 17.6 Å². The molecule has 3 aromatic heterocycles. The summed E-state index contributed by atoms with van der Waals surface area (Å²) in [6, 6.07) is 5.67. The molecule has 1 aliphatic carbocycles. The number of fused-ring (bicyclic) bond motifs is 2. The molecule has 0 unspecified atom stereocenters. The summed E-state index contributed by atoms with van der Waals surface area (Å²) in [5, 5.41) is 6.87. The molecule has 0 bridgehead atoms. The minimum atomic E-state index is -4.44. The van der Waals surface area contributed by atoms with Crippen LogP contribution in [-0.4, -0.2) is 48.7 Å². The first kappa shape index (κ1) is 25.8. The number of aromatic nitrogens is 4. The summed E-state index contributed by atoms with van der Waals surface area (Å²) in [5.74, 6) is 0.525. The van der Waals surface area contributed by atoms with Gasteiger partial charge in [0, 0.05) is 41.7 Å². The lowest BCUT2D eigenvalue weighted by Gasteiger charge is -2.33. The van der Waals surface area contributed by atoms with E-state index in [1.807, 2.05) is 13.8 Å². The molecule has 0 radical (unpaired) electrons. The molecule has 6 rings (SSSR count). The highest BCUT2D eigenvalue weighted by Crippen LogP contribution is 2.59. The number of ether oxygens (including phenoxy) is 1. The predicted octanol–water partition coefficient (Wildman–Crippen LogP) is 5.49. The average molecular weight is 555 g/mol. The molecule has 0 saturated heterocycles. The Morgan fingerprint density at radius 2 is 1.98 bits per heavy atom. The molecule has 0 spiro atoms. The quantitative estimate of drug-likeness (QED) is 0.355. The van der Waals surface area contributed by atoms with Crippen LogP contribution in [0.5, 0.6) is 11.6 Å². The second-order valence-corrected chi connectivity index (χ2v) is 10.3. The van der Waals surface area contributed by atoms with Gasteiger partial charge < -0.3 is 14.2 Å². The molecule has 208 valence electrons. The number of benzene rings is 1. The van der Waals surface area contributed by atoms with E-state index in [4.69, 9.17) is 9.26 Å². The summed E-state index contributed by atoms with van der Waals surface area (Å²) in [6.07, 6.45) is -1.07. The maximum Gasteiger partial charge on any atom is 0.401 e. The number of amides is 2. The van der Waals surface area contributed by atoms with Crippen molar-refractivity contribution in [3.63, 3.8) is 0 Å². The van der Waals surface area contributed by atoms with Crippen molar-refractivity contribution in [1.29, 1.82) is 0 Å². The SMILES string of the molecule is CC(=O)N1Cc2ncnc(Oc3ccc4c(ccn4C(=O)Nc4cc(C5(C(F)(F)F)CC5)on4)c3C)c2C[C@@H]1C. The van der Waals surface area contributed by atoms with Gasteiger partial charge in [0.2, 0.25) is 11.8 Å². The molecule has 13 heteroatoms. The van der Waals surface area contributed by atoms with Gasteiger partial charge in [-0.05, 0) is 51.3 Å². The topological polar surface area (TPSA) is 115 Å². The van der Waals surface area contributed by atoms with Crippen LogP contribution in [0.25, 0.3) is 10.9 Å². The molecule has 2 amide bonds. The summed E-state index contributed by atoms with van der Waals surface area (Å²) >= 11 is 0.